The summed E-state index contributed by atoms with van der Waals surface area (Å²) >= 11 is 5.67. The number of piperidine rings is 1. The largest absolute Gasteiger partial charge is 0.465 e. The topological polar surface area (TPSA) is 64.5 Å². The fourth-order valence-electron chi connectivity index (χ4n) is 5.67. The van der Waals surface area contributed by atoms with Gasteiger partial charge < -0.3 is 19.6 Å². The van der Waals surface area contributed by atoms with Crippen LogP contribution in [-0.2, 0) is 13.1 Å². The maximum absolute atomic E-state index is 12.1. The van der Waals surface area contributed by atoms with Gasteiger partial charge in [-0.15, -0.1) is 0 Å². The smallest absolute Gasteiger partial charge is 0.407 e. The molecule has 5 rings (SSSR count). The Kier molecular flexibility index (Phi) is 8.02. The fourth-order valence-corrected chi connectivity index (χ4v) is 6.03. The summed E-state index contributed by atoms with van der Waals surface area (Å²) in [4.78, 5) is 19.5. The molecule has 0 spiro atoms. The van der Waals surface area contributed by atoms with Crippen LogP contribution in [0.1, 0.15) is 42.9 Å². The summed E-state index contributed by atoms with van der Waals surface area (Å²) in [5, 5.41) is 9.93. The molecule has 1 amide bonds. The highest BCUT2D eigenvalue weighted by atomic mass is 32.1. The number of fused-ring (bicyclic) bond motifs is 1. The molecule has 2 heterocycles. The van der Waals surface area contributed by atoms with Crippen molar-refractivity contribution in [2.45, 2.75) is 50.9 Å². The van der Waals surface area contributed by atoms with Gasteiger partial charge in [0.1, 0.15) is 0 Å². The van der Waals surface area contributed by atoms with Gasteiger partial charge in [0.2, 0.25) is 0 Å². The van der Waals surface area contributed by atoms with E-state index in [0.29, 0.717) is 11.3 Å². The number of rotatable bonds is 9. The SMILES string of the molecule is O=C(O)N1CC[C@H](n2c(=S)[nH]c3ccccc32)CC1CCCN(Cc1ccccc1)Cc1ccccc1. The van der Waals surface area contributed by atoms with E-state index in [9.17, 15) is 9.90 Å². The molecule has 7 heteroatoms. The zero-order valence-corrected chi connectivity index (χ0v) is 21.8. The number of imidazole rings is 1. The molecule has 1 aromatic heterocycles. The zero-order valence-electron chi connectivity index (χ0n) is 21.0. The van der Waals surface area contributed by atoms with Gasteiger partial charge in [-0.1, -0.05) is 72.8 Å². The number of aromatic amines is 1. The number of nitrogens with zero attached hydrogens (tertiary/aromatic N) is 3. The first kappa shape index (κ1) is 25.2. The molecular weight excluding hydrogens is 480 g/mol. The molecule has 6 nitrogen and oxygen atoms in total. The van der Waals surface area contributed by atoms with Crippen molar-refractivity contribution in [3.05, 3.63) is 101 Å². The highest BCUT2D eigenvalue weighted by Crippen LogP contribution is 2.32. The number of carboxylic acid groups (broad SMARTS) is 1. The highest BCUT2D eigenvalue weighted by molar-refractivity contribution is 7.71. The van der Waals surface area contributed by atoms with Crippen molar-refractivity contribution in [3.8, 4) is 0 Å². The predicted octanol–water partition coefficient (Wildman–Crippen LogP) is 6.86. The van der Waals surface area contributed by atoms with Crippen LogP contribution < -0.4 is 0 Å². The van der Waals surface area contributed by atoms with E-state index in [1.54, 1.807) is 4.90 Å². The van der Waals surface area contributed by atoms with Crippen molar-refractivity contribution in [2.24, 2.45) is 0 Å². The van der Waals surface area contributed by atoms with Gasteiger partial charge in [-0.25, -0.2) is 4.79 Å². The number of amides is 1. The summed E-state index contributed by atoms with van der Waals surface area (Å²) in [5.41, 5.74) is 4.70. The second-order valence-corrected chi connectivity index (χ2v) is 10.3. The first-order chi connectivity index (χ1) is 18.1. The molecular formula is C30H34N4O2S. The summed E-state index contributed by atoms with van der Waals surface area (Å²) in [6.45, 7) is 3.18. The van der Waals surface area contributed by atoms with Crippen LogP contribution in [-0.4, -0.2) is 49.7 Å². The third-order valence-electron chi connectivity index (χ3n) is 7.43. The molecule has 1 saturated heterocycles. The van der Waals surface area contributed by atoms with E-state index in [2.05, 4.69) is 69.0 Å². The van der Waals surface area contributed by atoms with E-state index in [1.807, 2.05) is 30.3 Å². The maximum Gasteiger partial charge on any atom is 0.407 e. The van der Waals surface area contributed by atoms with Crippen LogP contribution in [0.4, 0.5) is 4.79 Å². The minimum atomic E-state index is -0.823. The summed E-state index contributed by atoms with van der Waals surface area (Å²) in [6.07, 6.45) is 2.49. The first-order valence-corrected chi connectivity index (χ1v) is 13.5. The molecule has 1 fully saturated rings. The van der Waals surface area contributed by atoms with Gasteiger partial charge >= 0.3 is 6.09 Å². The summed E-state index contributed by atoms with van der Waals surface area (Å²) in [6, 6.07) is 29.4. The fraction of sp³-hybridized carbons (Fsp3) is 0.333. The molecule has 0 radical (unpaired) electrons. The molecule has 0 bridgehead atoms. The lowest BCUT2D eigenvalue weighted by Crippen LogP contribution is -2.46. The molecule has 37 heavy (non-hydrogen) atoms. The minimum absolute atomic E-state index is 0.0258. The second kappa shape index (κ2) is 11.8. The van der Waals surface area contributed by atoms with Crippen molar-refractivity contribution >= 4 is 29.3 Å². The monoisotopic (exact) mass is 514 g/mol. The van der Waals surface area contributed by atoms with Crippen molar-refractivity contribution in [3.63, 3.8) is 0 Å². The Morgan fingerprint density at radius 2 is 1.57 bits per heavy atom. The molecule has 2 N–H and O–H groups in total. The number of hydrogen-bond donors (Lipinski definition) is 2. The molecule has 3 aromatic carbocycles. The standard InChI is InChI=1S/C30H34N4O2S/c35-30(36)33-19-17-26(34-28-16-8-7-15-27(28)31-29(34)37)20-25(33)14-9-18-32(21-23-10-3-1-4-11-23)22-24-12-5-2-6-13-24/h1-8,10-13,15-16,25-26H,9,14,17-22H2,(H,31,37)(H,35,36)/t25?,26-/m0/s1. The quantitative estimate of drug-likeness (QED) is 0.239. The Balaban J connectivity index is 1.28. The summed E-state index contributed by atoms with van der Waals surface area (Å²) in [5.74, 6) is 0. The van der Waals surface area contributed by atoms with Crippen LogP contribution in [0.2, 0.25) is 0 Å². The van der Waals surface area contributed by atoms with Gasteiger partial charge in [0, 0.05) is 31.7 Å². The molecule has 1 aliphatic heterocycles. The Morgan fingerprint density at radius 3 is 2.22 bits per heavy atom. The van der Waals surface area contributed by atoms with Gasteiger partial charge in [-0.2, -0.15) is 0 Å². The van der Waals surface area contributed by atoms with Crippen LogP contribution in [0, 0.1) is 4.77 Å². The third-order valence-corrected chi connectivity index (χ3v) is 7.73. The highest BCUT2D eigenvalue weighted by Gasteiger charge is 2.33. The lowest BCUT2D eigenvalue weighted by atomic mass is 9.93. The lowest BCUT2D eigenvalue weighted by molar-refractivity contribution is 0.0856. The maximum atomic E-state index is 12.1. The molecule has 192 valence electrons. The number of para-hydroxylation sites is 2. The van der Waals surface area contributed by atoms with Gasteiger partial charge in [-0.05, 0) is 67.7 Å². The summed E-state index contributed by atoms with van der Waals surface area (Å²) in [7, 11) is 0. The average Bonchev–Trinajstić information content (AvgIpc) is 3.25. The number of hydrogen-bond acceptors (Lipinski definition) is 3. The molecule has 0 aliphatic carbocycles. The summed E-state index contributed by atoms with van der Waals surface area (Å²) < 4.78 is 2.92. The van der Waals surface area contributed by atoms with Crippen molar-refractivity contribution in [1.29, 1.82) is 0 Å². The number of nitrogens with one attached hydrogen (secondary N) is 1. The van der Waals surface area contributed by atoms with E-state index in [-0.39, 0.29) is 12.1 Å². The molecule has 1 aliphatic rings. The molecule has 1 unspecified atom stereocenters. The van der Waals surface area contributed by atoms with Crippen molar-refractivity contribution in [2.75, 3.05) is 13.1 Å². The lowest BCUT2D eigenvalue weighted by Gasteiger charge is -2.39. The number of H-pyrrole nitrogens is 1. The first-order valence-electron chi connectivity index (χ1n) is 13.1. The van der Waals surface area contributed by atoms with Crippen LogP contribution >= 0.6 is 12.2 Å². The average molecular weight is 515 g/mol. The number of carbonyl (C=O) groups is 1. The van der Waals surface area contributed by atoms with Gasteiger partial charge in [0.15, 0.2) is 4.77 Å². The minimum Gasteiger partial charge on any atom is -0.465 e. The van der Waals surface area contributed by atoms with Crippen LogP contribution in [0.3, 0.4) is 0 Å². The predicted molar refractivity (Wildman–Crippen MR) is 150 cm³/mol. The van der Waals surface area contributed by atoms with E-state index < -0.39 is 6.09 Å². The third kappa shape index (κ3) is 6.12. The van der Waals surface area contributed by atoms with Crippen molar-refractivity contribution < 1.29 is 9.90 Å². The van der Waals surface area contributed by atoms with Crippen LogP contribution in [0.15, 0.2) is 84.9 Å². The van der Waals surface area contributed by atoms with Crippen LogP contribution in [0.5, 0.6) is 0 Å². The molecule has 0 saturated carbocycles. The van der Waals surface area contributed by atoms with Gasteiger partial charge in [0.25, 0.3) is 0 Å². The molecule has 2 atom stereocenters. The van der Waals surface area contributed by atoms with E-state index in [0.717, 1.165) is 56.4 Å². The molecule has 4 aromatic rings. The Labute approximate surface area is 223 Å². The normalized spacial score (nSPS) is 17.9. The Hall–Kier alpha value is -3.42. The number of benzene rings is 3. The number of likely N-dealkylation sites (tertiary alicyclic amines) is 1. The van der Waals surface area contributed by atoms with Crippen LogP contribution in [0.25, 0.3) is 11.0 Å². The van der Waals surface area contributed by atoms with E-state index in [1.165, 1.54) is 11.1 Å². The number of aromatic nitrogens is 2. The zero-order chi connectivity index (χ0) is 25.6. The van der Waals surface area contributed by atoms with Gasteiger partial charge in [-0.3, -0.25) is 4.90 Å². The van der Waals surface area contributed by atoms with Gasteiger partial charge in [0.05, 0.1) is 11.0 Å². The van der Waals surface area contributed by atoms with E-state index >= 15 is 0 Å². The van der Waals surface area contributed by atoms with Crippen molar-refractivity contribution in [1.82, 2.24) is 19.4 Å². The van der Waals surface area contributed by atoms with E-state index in [4.69, 9.17) is 12.2 Å². The Morgan fingerprint density at radius 1 is 0.946 bits per heavy atom. The Bertz CT molecular complexity index is 1330. The second-order valence-electron chi connectivity index (χ2n) is 9.95.